The Bertz CT molecular complexity index is 1170. The monoisotopic (exact) mass is 401 g/mol. The molecule has 3 aromatic rings. The molecule has 0 bridgehead atoms. The topological polar surface area (TPSA) is 106 Å². The lowest BCUT2D eigenvalue weighted by Crippen LogP contribution is -2.38. The molecule has 0 aliphatic carbocycles. The molecule has 2 aromatic carbocycles. The second-order valence-electron chi connectivity index (χ2n) is 6.67. The molecule has 4 rings (SSSR count). The van der Waals surface area contributed by atoms with Crippen LogP contribution in [0.5, 0.6) is 5.75 Å². The first-order valence-electron chi connectivity index (χ1n) is 8.79. The van der Waals surface area contributed by atoms with Gasteiger partial charge in [-0.15, -0.1) is 0 Å². The van der Waals surface area contributed by atoms with Gasteiger partial charge in [0.15, 0.2) is 5.75 Å². The van der Waals surface area contributed by atoms with Crippen molar-refractivity contribution in [1.82, 2.24) is 9.29 Å². The predicted octanol–water partition coefficient (Wildman–Crippen LogP) is 3.39. The minimum absolute atomic E-state index is 0.140. The van der Waals surface area contributed by atoms with Crippen LogP contribution in [0, 0.1) is 10.1 Å². The summed E-state index contributed by atoms with van der Waals surface area (Å²) in [5.74, 6) is 0.164. The van der Waals surface area contributed by atoms with Gasteiger partial charge < -0.3 is 9.72 Å². The molecular weight excluding hydrogens is 382 g/mol. The quantitative estimate of drug-likeness (QED) is 0.533. The maximum Gasteiger partial charge on any atom is 0.334 e. The van der Waals surface area contributed by atoms with Crippen LogP contribution in [-0.2, 0) is 16.4 Å². The number of sulfonamides is 1. The molecule has 1 aromatic heterocycles. The second kappa shape index (κ2) is 6.61. The molecule has 0 amide bonds. The van der Waals surface area contributed by atoms with Gasteiger partial charge in [-0.05, 0) is 43.2 Å². The molecule has 1 N–H and O–H groups in total. The number of fused-ring (bicyclic) bond motifs is 3. The number of nitrogens with zero attached hydrogens (tertiary/aromatic N) is 2. The standard InChI is InChI=1S/C19H19N3O5S/c1-12-17-15(10-11-21(12)28(25,26)13-6-4-3-5-7-13)14-8-9-16(27-2)19(22(23)24)18(14)20-17/h3-9,12,20H,10-11H2,1-2H3. The van der Waals surface area contributed by atoms with E-state index in [0.29, 0.717) is 24.2 Å². The van der Waals surface area contributed by atoms with Crippen molar-refractivity contribution in [2.24, 2.45) is 0 Å². The van der Waals surface area contributed by atoms with E-state index in [1.807, 2.05) is 0 Å². The van der Waals surface area contributed by atoms with Crippen LogP contribution in [0.15, 0.2) is 47.4 Å². The zero-order chi connectivity index (χ0) is 20.1. The summed E-state index contributed by atoms with van der Waals surface area (Å²) in [7, 11) is -2.29. The van der Waals surface area contributed by atoms with Gasteiger partial charge in [0, 0.05) is 17.6 Å². The summed E-state index contributed by atoms with van der Waals surface area (Å²) >= 11 is 0. The highest BCUT2D eigenvalue weighted by Crippen LogP contribution is 2.42. The maximum atomic E-state index is 13.1. The van der Waals surface area contributed by atoms with E-state index in [0.717, 1.165) is 10.9 Å². The molecule has 146 valence electrons. The molecule has 1 atom stereocenters. The Hall–Kier alpha value is -2.91. The molecule has 28 heavy (non-hydrogen) atoms. The minimum Gasteiger partial charge on any atom is -0.490 e. The van der Waals surface area contributed by atoms with Crippen LogP contribution in [0.1, 0.15) is 24.2 Å². The predicted molar refractivity (Wildman–Crippen MR) is 104 cm³/mol. The molecule has 1 aliphatic rings. The van der Waals surface area contributed by atoms with E-state index >= 15 is 0 Å². The summed E-state index contributed by atoms with van der Waals surface area (Å²) in [6.07, 6.45) is 0.467. The number of aromatic nitrogens is 1. The molecule has 8 nitrogen and oxygen atoms in total. The van der Waals surface area contributed by atoms with Gasteiger partial charge in [0.05, 0.1) is 23.0 Å². The number of benzene rings is 2. The smallest absolute Gasteiger partial charge is 0.334 e. The Kier molecular flexibility index (Phi) is 4.35. The van der Waals surface area contributed by atoms with Gasteiger partial charge in [-0.1, -0.05) is 18.2 Å². The van der Waals surface area contributed by atoms with E-state index in [2.05, 4.69) is 4.98 Å². The highest BCUT2D eigenvalue weighted by atomic mass is 32.2. The van der Waals surface area contributed by atoms with Crippen molar-refractivity contribution in [1.29, 1.82) is 0 Å². The fraction of sp³-hybridized carbons (Fsp3) is 0.263. The van der Waals surface area contributed by atoms with Crippen LogP contribution in [0.2, 0.25) is 0 Å². The summed E-state index contributed by atoms with van der Waals surface area (Å²) in [5.41, 5.74) is 1.81. The highest BCUT2D eigenvalue weighted by Gasteiger charge is 2.37. The van der Waals surface area contributed by atoms with E-state index in [1.165, 1.54) is 11.4 Å². The van der Waals surface area contributed by atoms with Crippen molar-refractivity contribution in [3.63, 3.8) is 0 Å². The molecule has 0 fully saturated rings. The Morgan fingerprint density at radius 3 is 2.57 bits per heavy atom. The van der Waals surface area contributed by atoms with E-state index in [1.54, 1.807) is 49.4 Å². The van der Waals surface area contributed by atoms with Gasteiger partial charge in [-0.3, -0.25) is 10.1 Å². The van der Waals surface area contributed by atoms with Crippen LogP contribution in [0.3, 0.4) is 0 Å². The third-order valence-corrected chi connectivity index (χ3v) is 7.22. The number of methoxy groups -OCH3 is 1. The Balaban J connectivity index is 1.85. The third-order valence-electron chi connectivity index (χ3n) is 5.24. The van der Waals surface area contributed by atoms with Crippen LogP contribution in [0.4, 0.5) is 5.69 Å². The maximum absolute atomic E-state index is 13.1. The summed E-state index contributed by atoms with van der Waals surface area (Å²) in [6.45, 7) is 2.09. The molecule has 2 heterocycles. The molecule has 1 aliphatic heterocycles. The van der Waals surface area contributed by atoms with Crippen LogP contribution in [0.25, 0.3) is 10.9 Å². The molecule has 9 heteroatoms. The number of hydrogen-bond acceptors (Lipinski definition) is 5. The lowest BCUT2D eigenvalue weighted by molar-refractivity contribution is -0.384. The van der Waals surface area contributed by atoms with Gasteiger partial charge in [0.2, 0.25) is 10.0 Å². The van der Waals surface area contributed by atoms with Crippen LogP contribution >= 0.6 is 0 Å². The van der Waals surface area contributed by atoms with E-state index in [4.69, 9.17) is 4.74 Å². The molecule has 0 spiro atoms. The van der Waals surface area contributed by atoms with Crippen molar-refractivity contribution in [3.05, 3.63) is 63.8 Å². The number of aromatic amines is 1. The normalized spacial score (nSPS) is 17.4. The molecular formula is C19H19N3O5S. The fourth-order valence-corrected chi connectivity index (χ4v) is 5.52. The Morgan fingerprint density at radius 1 is 1.21 bits per heavy atom. The number of rotatable bonds is 4. The number of H-pyrrole nitrogens is 1. The van der Waals surface area contributed by atoms with Gasteiger partial charge in [0.1, 0.15) is 5.52 Å². The van der Waals surface area contributed by atoms with Crippen molar-refractivity contribution in [2.75, 3.05) is 13.7 Å². The van der Waals surface area contributed by atoms with Gasteiger partial charge in [-0.2, -0.15) is 4.31 Å². The second-order valence-corrected chi connectivity index (χ2v) is 8.56. The third kappa shape index (κ3) is 2.66. The summed E-state index contributed by atoms with van der Waals surface area (Å²) < 4.78 is 32.7. The lowest BCUT2D eigenvalue weighted by atomic mass is 10.00. The summed E-state index contributed by atoms with van der Waals surface area (Å²) in [5, 5.41) is 12.3. The first-order chi connectivity index (χ1) is 13.4. The molecule has 0 saturated carbocycles. The number of nitro benzene ring substituents is 1. The van der Waals surface area contributed by atoms with Gasteiger partial charge >= 0.3 is 5.69 Å². The number of ether oxygens (including phenoxy) is 1. The first-order valence-corrected chi connectivity index (χ1v) is 10.2. The minimum atomic E-state index is -3.68. The average Bonchev–Trinajstić information content (AvgIpc) is 3.07. The van der Waals surface area contributed by atoms with Crippen molar-refractivity contribution in [2.45, 2.75) is 24.3 Å². The average molecular weight is 401 g/mol. The molecule has 1 unspecified atom stereocenters. The zero-order valence-corrected chi connectivity index (χ0v) is 16.2. The van der Waals surface area contributed by atoms with Crippen molar-refractivity contribution >= 4 is 26.6 Å². The first kappa shape index (κ1) is 18.5. The van der Waals surface area contributed by atoms with Crippen LogP contribution < -0.4 is 4.74 Å². The summed E-state index contributed by atoms with van der Waals surface area (Å²) in [4.78, 5) is 14.5. The van der Waals surface area contributed by atoms with Crippen molar-refractivity contribution in [3.8, 4) is 5.75 Å². The van der Waals surface area contributed by atoms with Crippen molar-refractivity contribution < 1.29 is 18.1 Å². The number of nitro groups is 1. The largest absolute Gasteiger partial charge is 0.490 e. The molecule has 0 saturated heterocycles. The van der Waals surface area contributed by atoms with E-state index < -0.39 is 21.0 Å². The van der Waals surface area contributed by atoms with E-state index in [-0.39, 0.29) is 16.3 Å². The number of nitrogens with one attached hydrogen (secondary N) is 1. The SMILES string of the molecule is COc1ccc2c3c([nH]c2c1[N+](=O)[O-])C(C)N(S(=O)(=O)c1ccccc1)CC3. The highest BCUT2D eigenvalue weighted by molar-refractivity contribution is 7.89. The lowest BCUT2D eigenvalue weighted by Gasteiger charge is -2.32. The van der Waals surface area contributed by atoms with Crippen LogP contribution in [-0.4, -0.2) is 36.3 Å². The zero-order valence-electron chi connectivity index (χ0n) is 15.4. The van der Waals surface area contributed by atoms with Gasteiger partial charge in [-0.25, -0.2) is 8.42 Å². The number of hydrogen-bond donors (Lipinski definition) is 1. The van der Waals surface area contributed by atoms with E-state index in [9.17, 15) is 18.5 Å². The Morgan fingerprint density at radius 2 is 1.93 bits per heavy atom. The Labute approximate surface area is 161 Å². The fourth-order valence-electron chi connectivity index (χ4n) is 3.89. The summed E-state index contributed by atoms with van der Waals surface area (Å²) in [6, 6.07) is 11.2. The molecule has 0 radical (unpaired) electrons. The van der Waals surface area contributed by atoms with Gasteiger partial charge in [0.25, 0.3) is 0 Å².